The Bertz CT molecular complexity index is 1330. The standard InChI is InChI=1S/C25H17FN2O3/c26-17-10-8-15(9-11-17)13-28-14-19-20(23(29)16-5-2-1-3-6-16)18-7-4-12-27-22(18)24(30)21(19)25(28)31/h1-12,30H,13-14H2. The van der Waals surface area contributed by atoms with Gasteiger partial charge in [0.15, 0.2) is 11.5 Å². The molecule has 1 aromatic heterocycles. The molecule has 4 aromatic rings. The van der Waals surface area contributed by atoms with Crippen molar-refractivity contribution in [1.29, 1.82) is 0 Å². The zero-order valence-corrected chi connectivity index (χ0v) is 16.4. The van der Waals surface area contributed by atoms with E-state index in [0.717, 1.165) is 5.56 Å². The number of nitrogens with zero attached hydrogens (tertiary/aromatic N) is 2. The van der Waals surface area contributed by atoms with E-state index in [0.29, 0.717) is 22.1 Å². The molecule has 152 valence electrons. The van der Waals surface area contributed by atoms with E-state index in [9.17, 15) is 19.1 Å². The number of carbonyl (C=O) groups is 2. The van der Waals surface area contributed by atoms with E-state index in [1.165, 1.54) is 23.2 Å². The Balaban J connectivity index is 1.66. The number of benzene rings is 3. The van der Waals surface area contributed by atoms with Gasteiger partial charge in [-0.1, -0.05) is 48.5 Å². The molecule has 5 rings (SSSR count). The molecule has 0 radical (unpaired) electrons. The Labute approximate surface area is 177 Å². The van der Waals surface area contributed by atoms with Gasteiger partial charge in [0.25, 0.3) is 5.91 Å². The average molecular weight is 412 g/mol. The first-order valence-electron chi connectivity index (χ1n) is 9.80. The molecule has 0 spiro atoms. The fourth-order valence-corrected chi connectivity index (χ4v) is 4.09. The van der Waals surface area contributed by atoms with E-state index in [1.807, 2.05) is 6.07 Å². The van der Waals surface area contributed by atoms with E-state index in [-0.39, 0.29) is 47.4 Å². The third-order valence-corrected chi connectivity index (χ3v) is 5.54. The molecule has 31 heavy (non-hydrogen) atoms. The van der Waals surface area contributed by atoms with Crippen LogP contribution in [0.3, 0.4) is 0 Å². The van der Waals surface area contributed by atoms with Crippen molar-refractivity contribution >= 4 is 22.6 Å². The van der Waals surface area contributed by atoms with Crippen molar-refractivity contribution in [1.82, 2.24) is 9.88 Å². The second-order valence-corrected chi connectivity index (χ2v) is 7.46. The Morgan fingerprint density at radius 2 is 1.77 bits per heavy atom. The quantitative estimate of drug-likeness (QED) is 0.502. The van der Waals surface area contributed by atoms with Crippen molar-refractivity contribution < 1.29 is 19.1 Å². The lowest BCUT2D eigenvalue weighted by molar-refractivity contribution is 0.0764. The zero-order valence-electron chi connectivity index (χ0n) is 16.4. The third kappa shape index (κ3) is 3.13. The molecular weight excluding hydrogens is 395 g/mol. The van der Waals surface area contributed by atoms with Crippen molar-refractivity contribution in [3.05, 3.63) is 107 Å². The number of fused-ring (bicyclic) bond motifs is 2. The largest absolute Gasteiger partial charge is 0.505 e. The fraction of sp³-hybridized carbons (Fsp3) is 0.0800. The van der Waals surface area contributed by atoms with Crippen LogP contribution < -0.4 is 0 Å². The van der Waals surface area contributed by atoms with Crippen LogP contribution in [0.5, 0.6) is 5.75 Å². The Kier molecular flexibility index (Phi) is 4.47. The summed E-state index contributed by atoms with van der Waals surface area (Å²) in [4.78, 5) is 32.4. The molecule has 6 heteroatoms. The van der Waals surface area contributed by atoms with Gasteiger partial charge < -0.3 is 10.0 Å². The van der Waals surface area contributed by atoms with Crippen LogP contribution in [0.4, 0.5) is 4.39 Å². The van der Waals surface area contributed by atoms with E-state index in [2.05, 4.69) is 4.98 Å². The molecule has 0 saturated heterocycles. The van der Waals surface area contributed by atoms with Gasteiger partial charge in [0, 0.05) is 35.8 Å². The molecule has 3 aromatic carbocycles. The minimum atomic E-state index is -0.383. The highest BCUT2D eigenvalue weighted by Crippen LogP contribution is 2.40. The Morgan fingerprint density at radius 3 is 2.52 bits per heavy atom. The Hall–Kier alpha value is -4.06. The number of ketones is 1. The van der Waals surface area contributed by atoms with E-state index in [1.54, 1.807) is 48.5 Å². The first-order chi connectivity index (χ1) is 15.0. The number of aromatic hydroxyl groups is 1. The number of halogens is 1. The highest BCUT2D eigenvalue weighted by atomic mass is 19.1. The Morgan fingerprint density at radius 1 is 1.03 bits per heavy atom. The SMILES string of the molecule is O=C(c1ccccc1)c1c2c(c(O)c3ncccc13)C(=O)N(Cc1ccc(F)cc1)C2. The summed E-state index contributed by atoms with van der Waals surface area (Å²) in [5.74, 6) is -1.19. The van der Waals surface area contributed by atoms with Crippen LogP contribution in [0, 0.1) is 5.82 Å². The minimum Gasteiger partial charge on any atom is -0.505 e. The average Bonchev–Trinajstić information content (AvgIpc) is 3.12. The van der Waals surface area contributed by atoms with Gasteiger partial charge >= 0.3 is 0 Å². The second kappa shape index (κ2) is 7.32. The molecule has 5 nitrogen and oxygen atoms in total. The van der Waals surface area contributed by atoms with Gasteiger partial charge in [0.05, 0.1) is 5.56 Å². The molecular formula is C25H17FN2O3. The van der Waals surface area contributed by atoms with Gasteiger partial charge in [0.2, 0.25) is 0 Å². The van der Waals surface area contributed by atoms with E-state index >= 15 is 0 Å². The number of hydrogen-bond acceptors (Lipinski definition) is 4. The fourth-order valence-electron chi connectivity index (χ4n) is 4.09. The molecule has 1 aliphatic rings. The van der Waals surface area contributed by atoms with Gasteiger partial charge in [-0.2, -0.15) is 0 Å². The maximum atomic E-state index is 13.5. The van der Waals surface area contributed by atoms with E-state index < -0.39 is 0 Å². The number of carbonyl (C=O) groups excluding carboxylic acids is 2. The van der Waals surface area contributed by atoms with Gasteiger partial charge in [0.1, 0.15) is 11.3 Å². The molecule has 1 N–H and O–H groups in total. The van der Waals surface area contributed by atoms with Gasteiger partial charge in [-0.25, -0.2) is 4.39 Å². The number of pyridine rings is 1. The molecule has 1 amide bonds. The minimum absolute atomic E-state index is 0.104. The summed E-state index contributed by atoms with van der Waals surface area (Å²) in [6.07, 6.45) is 1.51. The van der Waals surface area contributed by atoms with Crippen molar-refractivity contribution in [3.8, 4) is 5.75 Å². The first kappa shape index (κ1) is 18.9. The van der Waals surface area contributed by atoms with Crippen LogP contribution >= 0.6 is 0 Å². The normalized spacial score (nSPS) is 12.9. The molecule has 0 unspecified atom stereocenters. The molecule has 0 fully saturated rings. The number of aromatic nitrogens is 1. The molecule has 0 bridgehead atoms. The first-order valence-corrected chi connectivity index (χ1v) is 9.80. The number of rotatable bonds is 4. The number of phenols is 1. The monoisotopic (exact) mass is 412 g/mol. The third-order valence-electron chi connectivity index (χ3n) is 5.54. The van der Waals surface area contributed by atoms with Crippen molar-refractivity contribution in [2.75, 3.05) is 0 Å². The topological polar surface area (TPSA) is 70.5 Å². The molecule has 2 heterocycles. The van der Waals surface area contributed by atoms with Crippen molar-refractivity contribution in [2.45, 2.75) is 13.1 Å². The van der Waals surface area contributed by atoms with Crippen LogP contribution in [0.1, 0.15) is 37.4 Å². The second-order valence-electron chi connectivity index (χ2n) is 7.46. The maximum absolute atomic E-state index is 13.5. The summed E-state index contributed by atoms with van der Waals surface area (Å²) in [6, 6.07) is 18.1. The maximum Gasteiger partial charge on any atom is 0.258 e. The summed E-state index contributed by atoms with van der Waals surface area (Å²) in [6.45, 7) is 0.397. The summed E-state index contributed by atoms with van der Waals surface area (Å²) in [5.41, 5.74) is 2.42. The lowest BCUT2D eigenvalue weighted by Gasteiger charge is -2.16. The lowest BCUT2D eigenvalue weighted by atomic mass is 9.91. The van der Waals surface area contributed by atoms with Crippen LogP contribution in [-0.4, -0.2) is 26.7 Å². The zero-order chi connectivity index (χ0) is 21.5. The predicted molar refractivity (Wildman–Crippen MR) is 113 cm³/mol. The molecule has 0 aliphatic carbocycles. The van der Waals surface area contributed by atoms with Crippen molar-refractivity contribution in [2.24, 2.45) is 0 Å². The summed E-state index contributed by atoms with van der Waals surface area (Å²) in [5, 5.41) is 11.4. The number of hydrogen-bond donors (Lipinski definition) is 1. The molecule has 0 atom stereocenters. The van der Waals surface area contributed by atoms with Crippen LogP contribution in [-0.2, 0) is 13.1 Å². The summed E-state index contributed by atoms with van der Waals surface area (Å²) < 4.78 is 13.2. The van der Waals surface area contributed by atoms with Gasteiger partial charge in [-0.15, -0.1) is 0 Å². The van der Waals surface area contributed by atoms with Crippen LogP contribution in [0.2, 0.25) is 0 Å². The summed E-state index contributed by atoms with van der Waals surface area (Å²) in [7, 11) is 0. The number of phenolic OH excluding ortho intramolecular Hbond substituents is 1. The molecule has 1 aliphatic heterocycles. The highest BCUT2D eigenvalue weighted by molar-refractivity contribution is 6.21. The highest BCUT2D eigenvalue weighted by Gasteiger charge is 2.36. The van der Waals surface area contributed by atoms with Crippen molar-refractivity contribution in [3.63, 3.8) is 0 Å². The summed E-state index contributed by atoms with van der Waals surface area (Å²) >= 11 is 0. The number of amides is 1. The van der Waals surface area contributed by atoms with Gasteiger partial charge in [-0.05, 0) is 29.3 Å². The van der Waals surface area contributed by atoms with Gasteiger partial charge in [-0.3, -0.25) is 14.6 Å². The van der Waals surface area contributed by atoms with E-state index in [4.69, 9.17) is 0 Å². The molecule has 0 saturated carbocycles. The smallest absolute Gasteiger partial charge is 0.258 e. The predicted octanol–water partition coefficient (Wildman–Crippen LogP) is 4.47. The van der Waals surface area contributed by atoms with Crippen LogP contribution in [0.15, 0.2) is 72.9 Å². The lowest BCUT2D eigenvalue weighted by Crippen LogP contribution is -2.23. The van der Waals surface area contributed by atoms with Crippen LogP contribution in [0.25, 0.3) is 10.9 Å².